The van der Waals surface area contributed by atoms with Crippen molar-refractivity contribution in [1.82, 2.24) is 14.9 Å². The van der Waals surface area contributed by atoms with Crippen LogP contribution in [0.25, 0.3) is 0 Å². The lowest BCUT2D eigenvalue weighted by molar-refractivity contribution is 0.216. The fourth-order valence-corrected chi connectivity index (χ4v) is 1.92. The molecule has 0 bridgehead atoms. The first-order chi connectivity index (χ1) is 9.83. The summed E-state index contributed by atoms with van der Waals surface area (Å²) >= 11 is 0. The lowest BCUT2D eigenvalue weighted by Crippen LogP contribution is -2.28. The molecule has 0 aromatic carbocycles. The molecule has 0 aliphatic carbocycles. The predicted octanol–water partition coefficient (Wildman–Crippen LogP) is 2.09. The highest BCUT2D eigenvalue weighted by atomic mass is 16.5. The van der Waals surface area contributed by atoms with Crippen LogP contribution in [0.2, 0.25) is 0 Å². The first kappa shape index (κ1) is 17.7. The molecule has 1 aromatic heterocycles. The van der Waals surface area contributed by atoms with Crippen molar-refractivity contribution >= 4 is 5.82 Å². The van der Waals surface area contributed by atoms with Crippen molar-refractivity contribution in [3.05, 3.63) is 11.4 Å². The summed E-state index contributed by atoms with van der Waals surface area (Å²) < 4.78 is 5.86. The maximum absolute atomic E-state index is 5.86. The Hall–Kier alpha value is -1.40. The third-order valence-corrected chi connectivity index (χ3v) is 3.45. The summed E-state index contributed by atoms with van der Waals surface area (Å²) in [6.07, 6.45) is 0. The van der Waals surface area contributed by atoms with Crippen molar-refractivity contribution in [3.8, 4) is 5.88 Å². The van der Waals surface area contributed by atoms with Crippen LogP contribution in [0.15, 0.2) is 0 Å². The van der Waals surface area contributed by atoms with E-state index in [4.69, 9.17) is 10.6 Å². The molecule has 6 heteroatoms. The number of hydrazine groups is 1. The van der Waals surface area contributed by atoms with E-state index in [1.54, 1.807) is 0 Å². The SMILES string of the molecule is CCN(CC)CCOc1nc(C(C)(C)C)nc(NN)c1C. The Kier molecular flexibility index (Phi) is 6.36. The van der Waals surface area contributed by atoms with E-state index in [9.17, 15) is 0 Å². The summed E-state index contributed by atoms with van der Waals surface area (Å²) in [7, 11) is 0. The van der Waals surface area contributed by atoms with Crippen LogP contribution in [0.1, 0.15) is 46.0 Å². The Morgan fingerprint density at radius 2 is 1.81 bits per heavy atom. The number of aromatic nitrogens is 2. The molecule has 120 valence electrons. The summed E-state index contributed by atoms with van der Waals surface area (Å²) in [6.45, 7) is 15.9. The molecule has 0 spiro atoms. The molecule has 21 heavy (non-hydrogen) atoms. The number of hydrogen-bond acceptors (Lipinski definition) is 6. The van der Waals surface area contributed by atoms with Gasteiger partial charge in [-0.2, -0.15) is 4.98 Å². The summed E-state index contributed by atoms with van der Waals surface area (Å²) in [5.74, 6) is 7.49. The van der Waals surface area contributed by atoms with E-state index in [0.29, 0.717) is 18.3 Å². The van der Waals surface area contributed by atoms with Crippen molar-refractivity contribution < 1.29 is 4.74 Å². The maximum Gasteiger partial charge on any atom is 0.221 e. The fourth-order valence-electron chi connectivity index (χ4n) is 1.92. The Morgan fingerprint density at radius 1 is 1.19 bits per heavy atom. The number of ether oxygens (including phenoxy) is 1. The molecule has 0 aliphatic heterocycles. The van der Waals surface area contributed by atoms with Crippen LogP contribution in [-0.2, 0) is 5.41 Å². The second-order valence-corrected chi connectivity index (χ2v) is 6.10. The molecule has 1 aromatic rings. The molecule has 0 radical (unpaired) electrons. The van der Waals surface area contributed by atoms with Crippen molar-refractivity contribution in [2.75, 3.05) is 31.7 Å². The zero-order valence-corrected chi connectivity index (χ0v) is 14.2. The van der Waals surface area contributed by atoms with Gasteiger partial charge in [-0.1, -0.05) is 34.6 Å². The second kappa shape index (κ2) is 7.56. The van der Waals surface area contributed by atoms with Gasteiger partial charge in [0.2, 0.25) is 5.88 Å². The number of nitrogen functional groups attached to an aromatic ring is 1. The van der Waals surface area contributed by atoms with Crippen LogP contribution in [0, 0.1) is 6.92 Å². The topological polar surface area (TPSA) is 76.3 Å². The molecule has 1 rings (SSSR count). The minimum Gasteiger partial charge on any atom is -0.476 e. The minimum absolute atomic E-state index is 0.156. The van der Waals surface area contributed by atoms with E-state index in [-0.39, 0.29) is 5.41 Å². The quantitative estimate of drug-likeness (QED) is 0.592. The van der Waals surface area contributed by atoms with E-state index >= 15 is 0 Å². The zero-order chi connectivity index (χ0) is 16.0. The van der Waals surface area contributed by atoms with Gasteiger partial charge in [-0.25, -0.2) is 10.8 Å². The summed E-state index contributed by atoms with van der Waals surface area (Å²) in [5, 5.41) is 0. The Balaban J connectivity index is 2.90. The normalized spacial score (nSPS) is 11.8. The van der Waals surface area contributed by atoms with Gasteiger partial charge in [0.25, 0.3) is 0 Å². The number of anilines is 1. The molecule has 0 amide bonds. The number of rotatable bonds is 7. The number of hydrogen-bond donors (Lipinski definition) is 2. The lowest BCUT2D eigenvalue weighted by atomic mass is 9.95. The molecule has 3 N–H and O–H groups in total. The smallest absolute Gasteiger partial charge is 0.221 e. The van der Waals surface area contributed by atoms with Gasteiger partial charge in [0.15, 0.2) is 5.82 Å². The molecular weight excluding hydrogens is 266 g/mol. The van der Waals surface area contributed by atoms with Crippen LogP contribution in [0.3, 0.4) is 0 Å². The van der Waals surface area contributed by atoms with Gasteiger partial charge in [0.05, 0.1) is 5.56 Å². The van der Waals surface area contributed by atoms with Crippen LogP contribution in [0.4, 0.5) is 5.82 Å². The molecule has 1 heterocycles. The second-order valence-electron chi connectivity index (χ2n) is 6.10. The summed E-state index contributed by atoms with van der Waals surface area (Å²) in [4.78, 5) is 11.3. The first-order valence-electron chi connectivity index (χ1n) is 7.54. The number of nitrogens with two attached hydrogens (primary N) is 1. The van der Waals surface area contributed by atoms with Gasteiger partial charge in [-0.05, 0) is 20.0 Å². The highest BCUT2D eigenvalue weighted by Crippen LogP contribution is 2.27. The fraction of sp³-hybridized carbons (Fsp3) is 0.733. The van der Waals surface area contributed by atoms with Crippen molar-refractivity contribution in [1.29, 1.82) is 0 Å². The average Bonchev–Trinajstić information content (AvgIpc) is 2.44. The monoisotopic (exact) mass is 295 g/mol. The molecule has 6 nitrogen and oxygen atoms in total. The highest BCUT2D eigenvalue weighted by molar-refractivity contribution is 5.48. The number of likely N-dealkylation sites (N-methyl/N-ethyl adjacent to an activating group) is 1. The summed E-state index contributed by atoms with van der Waals surface area (Å²) in [6, 6.07) is 0. The standard InChI is InChI=1S/C15H29N5O/c1-7-20(8-2)9-10-21-13-11(3)12(19-16)17-14(18-13)15(4,5)6/h7-10,16H2,1-6H3,(H,17,18,19). The van der Waals surface area contributed by atoms with E-state index < -0.39 is 0 Å². The molecular formula is C15H29N5O. The van der Waals surface area contributed by atoms with Crippen molar-refractivity contribution in [2.24, 2.45) is 5.84 Å². The van der Waals surface area contributed by atoms with E-state index in [1.807, 2.05) is 6.92 Å². The molecule has 0 fully saturated rings. The largest absolute Gasteiger partial charge is 0.476 e. The number of nitrogens with zero attached hydrogens (tertiary/aromatic N) is 3. The van der Waals surface area contributed by atoms with E-state index in [2.05, 4.69) is 54.9 Å². The Labute approximate surface area is 128 Å². The highest BCUT2D eigenvalue weighted by Gasteiger charge is 2.21. The van der Waals surface area contributed by atoms with Crippen LogP contribution in [0.5, 0.6) is 5.88 Å². The van der Waals surface area contributed by atoms with Crippen LogP contribution >= 0.6 is 0 Å². The third-order valence-electron chi connectivity index (χ3n) is 3.45. The molecule has 0 aliphatic rings. The van der Waals surface area contributed by atoms with E-state index in [0.717, 1.165) is 31.0 Å². The average molecular weight is 295 g/mol. The Bertz CT molecular complexity index is 452. The summed E-state index contributed by atoms with van der Waals surface area (Å²) in [5.41, 5.74) is 3.31. The molecule has 0 unspecified atom stereocenters. The lowest BCUT2D eigenvalue weighted by Gasteiger charge is -2.21. The van der Waals surface area contributed by atoms with Crippen LogP contribution < -0.4 is 16.0 Å². The Morgan fingerprint density at radius 3 is 2.29 bits per heavy atom. The van der Waals surface area contributed by atoms with Gasteiger partial charge < -0.3 is 15.1 Å². The van der Waals surface area contributed by atoms with Crippen LogP contribution in [-0.4, -0.2) is 41.1 Å². The van der Waals surface area contributed by atoms with Gasteiger partial charge in [-0.15, -0.1) is 0 Å². The van der Waals surface area contributed by atoms with E-state index in [1.165, 1.54) is 0 Å². The zero-order valence-electron chi connectivity index (χ0n) is 14.2. The minimum atomic E-state index is -0.156. The first-order valence-corrected chi connectivity index (χ1v) is 7.54. The van der Waals surface area contributed by atoms with Crippen molar-refractivity contribution in [2.45, 2.75) is 47.0 Å². The molecule has 0 saturated heterocycles. The van der Waals surface area contributed by atoms with Gasteiger partial charge in [0.1, 0.15) is 12.4 Å². The molecule has 0 saturated carbocycles. The predicted molar refractivity (Wildman–Crippen MR) is 86.6 cm³/mol. The van der Waals surface area contributed by atoms with Gasteiger partial charge in [0, 0.05) is 12.0 Å². The number of nitrogens with one attached hydrogen (secondary N) is 1. The maximum atomic E-state index is 5.86. The third kappa shape index (κ3) is 4.82. The van der Waals surface area contributed by atoms with Crippen molar-refractivity contribution in [3.63, 3.8) is 0 Å². The van der Waals surface area contributed by atoms with Gasteiger partial charge in [-0.3, -0.25) is 0 Å². The molecule has 0 atom stereocenters. The van der Waals surface area contributed by atoms with Gasteiger partial charge >= 0.3 is 0 Å².